The second-order valence-electron chi connectivity index (χ2n) is 4.70. The lowest BCUT2D eigenvalue weighted by atomic mass is 9.96. The van der Waals surface area contributed by atoms with E-state index < -0.39 is 0 Å². The smallest absolute Gasteiger partial charge is 0.0641 e. The van der Waals surface area contributed by atoms with Gasteiger partial charge in [0.1, 0.15) is 0 Å². The van der Waals surface area contributed by atoms with Gasteiger partial charge >= 0.3 is 0 Å². The summed E-state index contributed by atoms with van der Waals surface area (Å²) in [5.41, 5.74) is 5.19. The maximum absolute atomic E-state index is 4.65. The zero-order valence-electron chi connectivity index (χ0n) is 9.75. The van der Waals surface area contributed by atoms with Crippen molar-refractivity contribution in [2.45, 2.75) is 20.3 Å². The number of nitrogens with zero attached hydrogens (tertiary/aromatic N) is 1. The molecule has 0 saturated carbocycles. The number of hydrogen-bond donors (Lipinski definition) is 1. The molecular formula is C14H16N2. The molecule has 0 unspecified atom stereocenters. The average molecular weight is 212 g/mol. The molecule has 2 heterocycles. The Hall–Kier alpha value is -1.57. The number of aromatic nitrogens is 1. The van der Waals surface area contributed by atoms with E-state index in [1.807, 2.05) is 0 Å². The first kappa shape index (κ1) is 9.64. The van der Waals surface area contributed by atoms with Gasteiger partial charge in [-0.15, -0.1) is 0 Å². The fourth-order valence-electron chi connectivity index (χ4n) is 2.52. The monoisotopic (exact) mass is 212 g/mol. The topological polar surface area (TPSA) is 28.1 Å². The maximum Gasteiger partial charge on any atom is 0.0641 e. The summed E-state index contributed by atoms with van der Waals surface area (Å²) in [6, 6.07) is 8.53. The molecule has 0 amide bonds. The van der Waals surface area contributed by atoms with Crippen LogP contribution in [0.3, 0.4) is 0 Å². The van der Waals surface area contributed by atoms with E-state index in [1.54, 1.807) is 0 Å². The first-order chi connectivity index (χ1) is 7.77. The lowest BCUT2D eigenvalue weighted by Crippen LogP contribution is -2.17. The third-order valence-corrected chi connectivity index (χ3v) is 3.26. The lowest BCUT2D eigenvalue weighted by Gasteiger charge is -2.15. The van der Waals surface area contributed by atoms with Crippen molar-refractivity contribution < 1.29 is 0 Å². The highest BCUT2D eigenvalue weighted by Crippen LogP contribution is 2.27. The molecule has 1 aromatic heterocycles. The second kappa shape index (κ2) is 3.48. The van der Waals surface area contributed by atoms with Gasteiger partial charge in [0.2, 0.25) is 0 Å². The van der Waals surface area contributed by atoms with Gasteiger partial charge in [-0.1, -0.05) is 32.0 Å². The Bertz CT molecular complexity index is 561. The maximum atomic E-state index is 4.65. The predicted molar refractivity (Wildman–Crippen MR) is 68.2 cm³/mol. The van der Waals surface area contributed by atoms with E-state index >= 15 is 0 Å². The fraction of sp³-hybridized carbons (Fsp3) is 0.357. The largest absolute Gasteiger partial charge is 0.353 e. The van der Waals surface area contributed by atoms with Gasteiger partial charge in [-0.3, -0.25) is 4.99 Å². The molecule has 0 bridgehead atoms. The van der Waals surface area contributed by atoms with Crippen LogP contribution < -0.4 is 0 Å². The van der Waals surface area contributed by atoms with Crippen molar-refractivity contribution in [2.75, 3.05) is 6.54 Å². The zero-order chi connectivity index (χ0) is 11.1. The highest BCUT2D eigenvalue weighted by molar-refractivity contribution is 6.07. The highest BCUT2D eigenvalue weighted by Gasteiger charge is 2.20. The first-order valence-electron chi connectivity index (χ1n) is 5.91. The summed E-state index contributed by atoms with van der Waals surface area (Å²) in [4.78, 5) is 8.17. The van der Waals surface area contributed by atoms with Crippen LogP contribution in [0.2, 0.25) is 0 Å². The fourth-order valence-corrected chi connectivity index (χ4v) is 2.52. The van der Waals surface area contributed by atoms with Crippen LogP contribution >= 0.6 is 0 Å². The van der Waals surface area contributed by atoms with Crippen molar-refractivity contribution in [1.29, 1.82) is 0 Å². The van der Waals surface area contributed by atoms with Crippen LogP contribution in [0.25, 0.3) is 10.9 Å². The lowest BCUT2D eigenvalue weighted by molar-refractivity contribution is 0.837. The van der Waals surface area contributed by atoms with Crippen LogP contribution in [0.4, 0.5) is 0 Å². The molecular weight excluding hydrogens is 196 g/mol. The van der Waals surface area contributed by atoms with Gasteiger partial charge in [-0.05, 0) is 24.0 Å². The minimum atomic E-state index is 0.493. The van der Waals surface area contributed by atoms with Gasteiger partial charge in [0.05, 0.1) is 11.4 Å². The van der Waals surface area contributed by atoms with Crippen molar-refractivity contribution in [2.24, 2.45) is 10.9 Å². The molecule has 0 saturated heterocycles. The summed E-state index contributed by atoms with van der Waals surface area (Å²) in [6.07, 6.45) is 1.07. The van der Waals surface area contributed by atoms with E-state index in [9.17, 15) is 0 Å². The van der Waals surface area contributed by atoms with Crippen molar-refractivity contribution >= 4 is 16.6 Å². The van der Waals surface area contributed by atoms with Gasteiger partial charge in [-0.2, -0.15) is 0 Å². The Morgan fingerprint density at radius 1 is 1.25 bits per heavy atom. The zero-order valence-corrected chi connectivity index (χ0v) is 9.75. The number of rotatable bonds is 1. The van der Waals surface area contributed by atoms with E-state index in [0.717, 1.165) is 13.0 Å². The molecule has 82 valence electrons. The summed E-state index contributed by atoms with van der Waals surface area (Å²) in [5.74, 6) is 0.493. The molecule has 2 heteroatoms. The number of hydrogen-bond acceptors (Lipinski definition) is 1. The molecule has 1 aliphatic heterocycles. The Morgan fingerprint density at radius 2 is 2.06 bits per heavy atom. The third-order valence-electron chi connectivity index (χ3n) is 3.26. The summed E-state index contributed by atoms with van der Waals surface area (Å²) in [7, 11) is 0. The van der Waals surface area contributed by atoms with Crippen molar-refractivity contribution in [3.63, 3.8) is 0 Å². The number of para-hydroxylation sites is 1. The molecule has 2 nitrogen and oxygen atoms in total. The SMILES string of the molecule is CC(C)C1=NCCc2c1[nH]c1ccccc21. The van der Waals surface area contributed by atoms with Gasteiger partial charge in [0, 0.05) is 17.4 Å². The second-order valence-corrected chi connectivity index (χ2v) is 4.70. The van der Waals surface area contributed by atoms with E-state index in [2.05, 4.69) is 48.1 Å². The molecule has 2 aromatic rings. The molecule has 16 heavy (non-hydrogen) atoms. The summed E-state index contributed by atoms with van der Waals surface area (Å²) in [5, 5.41) is 1.37. The summed E-state index contributed by atoms with van der Waals surface area (Å²) in [6.45, 7) is 5.35. The van der Waals surface area contributed by atoms with Gasteiger partial charge in [0.15, 0.2) is 0 Å². The Balaban J connectivity index is 2.27. The summed E-state index contributed by atoms with van der Waals surface area (Å²) < 4.78 is 0. The van der Waals surface area contributed by atoms with Crippen molar-refractivity contribution in [1.82, 2.24) is 4.98 Å². The molecule has 0 aliphatic carbocycles. The first-order valence-corrected chi connectivity index (χ1v) is 5.91. The number of nitrogens with one attached hydrogen (secondary N) is 1. The predicted octanol–water partition coefficient (Wildman–Crippen LogP) is 3.17. The number of benzene rings is 1. The molecule has 1 aliphatic rings. The Labute approximate surface area is 95.4 Å². The van der Waals surface area contributed by atoms with E-state index in [-0.39, 0.29) is 0 Å². The molecule has 1 N–H and O–H groups in total. The minimum absolute atomic E-state index is 0.493. The van der Waals surface area contributed by atoms with E-state index in [4.69, 9.17) is 0 Å². The van der Waals surface area contributed by atoms with Crippen LogP contribution in [-0.4, -0.2) is 17.2 Å². The number of aromatic amines is 1. The Kier molecular flexibility index (Phi) is 2.10. The van der Waals surface area contributed by atoms with Crippen LogP contribution in [0.5, 0.6) is 0 Å². The van der Waals surface area contributed by atoms with Crippen LogP contribution in [0.15, 0.2) is 29.3 Å². The average Bonchev–Trinajstić information content (AvgIpc) is 2.67. The molecule has 0 radical (unpaired) electrons. The van der Waals surface area contributed by atoms with Gasteiger partial charge in [-0.25, -0.2) is 0 Å². The minimum Gasteiger partial charge on any atom is -0.353 e. The van der Waals surface area contributed by atoms with Crippen molar-refractivity contribution in [3.05, 3.63) is 35.5 Å². The van der Waals surface area contributed by atoms with Crippen LogP contribution in [0.1, 0.15) is 25.1 Å². The quantitative estimate of drug-likeness (QED) is 0.752. The molecule has 0 fully saturated rings. The molecule has 3 rings (SSSR count). The third kappa shape index (κ3) is 1.29. The summed E-state index contributed by atoms with van der Waals surface area (Å²) >= 11 is 0. The molecule has 0 atom stereocenters. The molecule has 0 spiro atoms. The van der Waals surface area contributed by atoms with E-state index in [1.165, 1.54) is 27.9 Å². The van der Waals surface area contributed by atoms with Crippen LogP contribution in [-0.2, 0) is 6.42 Å². The molecule has 1 aromatic carbocycles. The number of aliphatic imine (C=N–C) groups is 1. The van der Waals surface area contributed by atoms with Crippen molar-refractivity contribution in [3.8, 4) is 0 Å². The van der Waals surface area contributed by atoms with Gasteiger partial charge in [0.25, 0.3) is 0 Å². The normalized spacial score (nSPS) is 15.3. The standard InChI is InChI=1S/C14H16N2/c1-9(2)13-14-11(7-8-15-13)10-5-3-4-6-12(10)16-14/h3-6,9,16H,7-8H2,1-2H3. The number of fused-ring (bicyclic) bond motifs is 3. The Morgan fingerprint density at radius 3 is 2.88 bits per heavy atom. The number of H-pyrrole nitrogens is 1. The highest BCUT2D eigenvalue weighted by atomic mass is 14.8. The van der Waals surface area contributed by atoms with Crippen LogP contribution in [0, 0.1) is 5.92 Å². The van der Waals surface area contributed by atoms with E-state index in [0.29, 0.717) is 5.92 Å². The van der Waals surface area contributed by atoms with Gasteiger partial charge < -0.3 is 4.98 Å².